The van der Waals surface area contributed by atoms with Gasteiger partial charge in [0.2, 0.25) is 0 Å². The molecular weight excluding hydrogens is 259 g/mol. The first kappa shape index (κ1) is 13.6. The fraction of sp³-hybridized carbons (Fsp3) is 0.385. The SMILES string of the molecule is O=C(c1cccc(C(=O)C(F)(F)F)c1)N1CCCC1. The van der Waals surface area contributed by atoms with Gasteiger partial charge in [0.1, 0.15) is 0 Å². The molecule has 1 aromatic rings. The zero-order valence-corrected chi connectivity index (χ0v) is 10.0. The summed E-state index contributed by atoms with van der Waals surface area (Å²) in [4.78, 5) is 24.7. The van der Waals surface area contributed by atoms with E-state index in [0.29, 0.717) is 13.1 Å². The fourth-order valence-corrected chi connectivity index (χ4v) is 2.06. The third kappa shape index (κ3) is 2.94. The van der Waals surface area contributed by atoms with Crippen LogP contribution >= 0.6 is 0 Å². The molecule has 102 valence electrons. The highest BCUT2D eigenvalue weighted by Gasteiger charge is 2.39. The van der Waals surface area contributed by atoms with Crippen molar-refractivity contribution < 1.29 is 22.8 Å². The number of ketones is 1. The van der Waals surface area contributed by atoms with Crippen LogP contribution in [0.3, 0.4) is 0 Å². The molecule has 0 bridgehead atoms. The molecule has 1 aromatic carbocycles. The first-order valence-electron chi connectivity index (χ1n) is 5.90. The molecule has 1 aliphatic rings. The summed E-state index contributed by atoms with van der Waals surface area (Å²) in [5, 5.41) is 0. The summed E-state index contributed by atoms with van der Waals surface area (Å²) in [6.07, 6.45) is -3.13. The van der Waals surface area contributed by atoms with Crippen molar-refractivity contribution in [2.24, 2.45) is 0 Å². The average Bonchev–Trinajstić information content (AvgIpc) is 2.90. The van der Waals surface area contributed by atoms with E-state index in [1.807, 2.05) is 0 Å². The summed E-state index contributed by atoms with van der Waals surface area (Å²) >= 11 is 0. The molecule has 0 N–H and O–H groups in total. The van der Waals surface area contributed by atoms with Gasteiger partial charge in [0, 0.05) is 24.2 Å². The molecule has 0 unspecified atom stereocenters. The largest absolute Gasteiger partial charge is 0.454 e. The molecule has 1 aliphatic heterocycles. The number of carbonyl (C=O) groups excluding carboxylic acids is 2. The lowest BCUT2D eigenvalue weighted by Crippen LogP contribution is -2.28. The molecule has 2 rings (SSSR count). The topological polar surface area (TPSA) is 37.4 Å². The van der Waals surface area contributed by atoms with E-state index < -0.39 is 17.5 Å². The summed E-state index contributed by atoms with van der Waals surface area (Å²) < 4.78 is 37.0. The maximum atomic E-state index is 12.3. The third-order valence-electron chi connectivity index (χ3n) is 3.02. The van der Waals surface area contributed by atoms with Crippen molar-refractivity contribution in [1.82, 2.24) is 4.90 Å². The Balaban J connectivity index is 2.24. The summed E-state index contributed by atoms with van der Waals surface area (Å²) in [5.41, 5.74) is -0.380. The number of halogens is 3. The smallest absolute Gasteiger partial charge is 0.339 e. The van der Waals surface area contributed by atoms with E-state index in [-0.39, 0.29) is 11.5 Å². The fourth-order valence-electron chi connectivity index (χ4n) is 2.06. The Hall–Kier alpha value is -1.85. The maximum Gasteiger partial charge on any atom is 0.454 e. The first-order chi connectivity index (χ1) is 8.89. The van der Waals surface area contributed by atoms with Gasteiger partial charge >= 0.3 is 6.18 Å². The van der Waals surface area contributed by atoms with Crippen LogP contribution in [0.4, 0.5) is 13.2 Å². The van der Waals surface area contributed by atoms with Gasteiger partial charge < -0.3 is 4.90 Å². The Morgan fingerprint density at radius 1 is 1.05 bits per heavy atom. The van der Waals surface area contributed by atoms with Gasteiger partial charge in [-0.15, -0.1) is 0 Å². The van der Waals surface area contributed by atoms with Gasteiger partial charge in [0.05, 0.1) is 0 Å². The molecule has 1 saturated heterocycles. The van der Waals surface area contributed by atoms with E-state index in [0.717, 1.165) is 25.0 Å². The van der Waals surface area contributed by atoms with Gasteiger partial charge in [-0.25, -0.2) is 0 Å². The number of likely N-dealkylation sites (tertiary alicyclic amines) is 1. The highest BCUT2D eigenvalue weighted by atomic mass is 19.4. The van der Waals surface area contributed by atoms with Crippen molar-refractivity contribution in [1.29, 1.82) is 0 Å². The number of hydrogen-bond acceptors (Lipinski definition) is 2. The number of benzene rings is 1. The van der Waals surface area contributed by atoms with Crippen LogP contribution in [0, 0.1) is 0 Å². The molecule has 3 nitrogen and oxygen atoms in total. The van der Waals surface area contributed by atoms with Crippen molar-refractivity contribution in [2.45, 2.75) is 19.0 Å². The quantitative estimate of drug-likeness (QED) is 0.775. The van der Waals surface area contributed by atoms with Crippen LogP contribution in [0.5, 0.6) is 0 Å². The van der Waals surface area contributed by atoms with Crippen molar-refractivity contribution in [2.75, 3.05) is 13.1 Å². The van der Waals surface area contributed by atoms with E-state index >= 15 is 0 Å². The highest BCUT2D eigenvalue weighted by molar-refractivity contribution is 6.03. The summed E-state index contributed by atoms with van der Waals surface area (Å²) in [5.74, 6) is -2.25. The molecule has 0 saturated carbocycles. The number of amides is 1. The van der Waals surface area contributed by atoms with Gasteiger partial charge in [-0.3, -0.25) is 9.59 Å². The summed E-state index contributed by atoms with van der Waals surface area (Å²) in [6.45, 7) is 1.21. The monoisotopic (exact) mass is 271 g/mol. The minimum Gasteiger partial charge on any atom is -0.339 e. The van der Waals surface area contributed by atoms with Crippen molar-refractivity contribution in [3.63, 3.8) is 0 Å². The predicted octanol–water partition coefficient (Wildman–Crippen LogP) is 2.67. The Kier molecular flexibility index (Phi) is 3.59. The van der Waals surface area contributed by atoms with Crippen LogP contribution in [0.1, 0.15) is 33.6 Å². The lowest BCUT2D eigenvalue weighted by Gasteiger charge is -2.15. The number of nitrogens with zero attached hydrogens (tertiary/aromatic N) is 1. The van der Waals surface area contributed by atoms with Crippen molar-refractivity contribution >= 4 is 11.7 Å². The van der Waals surface area contributed by atoms with Crippen LogP contribution in [0.25, 0.3) is 0 Å². The van der Waals surface area contributed by atoms with Crippen LogP contribution in [-0.4, -0.2) is 35.9 Å². The maximum absolute atomic E-state index is 12.3. The molecule has 6 heteroatoms. The average molecular weight is 271 g/mol. The van der Waals surface area contributed by atoms with Crippen LogP contribution in [-0.2, 0) is 0 Å². The van der Waals surface area contributed by atoms with Crippen molar-refractivity contribution in [3.05, 3.63) is 35.4 Å². The second kappa shape index (κ2) is 5.03. The molecule has 0 atom stereocenters. The Morgan fingerprint density at radius 2 is 1.63 bits per heavy atom. The second-order valence-electron chi connectivity index (χ2n) is 4.41. The van der Waals surface area contributed by atoms with Crippen LogP contribution in [0.2, 0.25) is 0 Å². The third-order valence-corrected chi connectivity index (χ3v) is 3.02. The molecule has 0 aliphatic carbocycles. The van der Waals surface area contributed by atoms with Crippen LogP contribution < -0.4 is 0 Å². The summed E-state index contributed by atoms with van der Waals surface area (Å²) in [7, 11) is 0. The second-order valence-corrected chi connectivity index (χ2v) is 4.41. The number of carbonyl (C=O) groups is 2. The zero-order chi connectivity index (χ0) is 14.0. The molecule has 0 spiro atoms. The number of rotatable bonds is 2. The van der Waals surface area contributed by atoms with Crippen molar-refractivity contribution in [3.8, 4) is 0 Å². The van der Waals surface area contributed by atoms with Gasteiger partial charge in [-0.1, -0.05) is 12.1 Å². The predicted molar refractivity (Wildman–Crippen MR) is 62.0 cm³/mol. The Morgan fingerprint density at radius 3 is 2.21 bits per heavy atom. The van der Waals surface area contributed by atoms with E-state index in [9.17, 15) is 22.8 Å². The number of hydrogen-bond donors (Lipinski definition) is 0. The lowest BCUT2D eigenvalue weighted by molar-refractivity contribution is -0.0885. The molecule has 0 radical (unpaired) electrons. The first-order valence-corrected chi connectivity index (χ1v) is 5.90. The number of alkyl halides is 3. The van der Waals surface area contributed by atoms with E-state index in [2.05, 4.69) is 0 Å². The van der Waals surface area contributed by atoms with Gasteiger partial charge in [-0.05, 0) is 25.0 Å². The minimum atomic E-state index is -4.92. The molecule has 1 fully saturated rings. The minimum absolute atomic E-state index is 0.122. The van der Waals surface area contributed by atoms with Gasteiger partial charge in [0.15, 0.2) is 0 Å². The standard InChI is InChI=1S/C13H12F3NO2/c14-13(15,16)11(18)9-4-3-5-10(8-9)12(19)17-6-1-2-7-17/h3-5,8H,1-2,6-7H2. The van der Waals surface area contributed by atoms with Gasteiger partial charge in [0.25, 0.3) is 11.7 Å². The van der Waals surface area contributed by atoms with E-state index in [1.165, 1.54) is 12.1 Å². The van der Waals surface area contributed by atoms with Gasteiger partial charge in [-0.2, -0.15) is 13.2 Å². The highest BCUT2D eigenvalue weighted by Crippen LogP contribution is 2.22. The lowest BCUT2D eigenvalue weighted by atomic mass is 10.1. The number of Topliss-reactive ketones (excluding diaryl/α,β-unsaturated/α-hetero) is 1. The van der Waals surface area contributed by atoms with E-state index in [4.69, 9.17) is 0 Å². The van der Waals surface area contributed by atoms with Crippen LogP contribution in [0.15, 0.2) is 24.3 Å². The van der Waals surface area contributed by atoms with E-state index in [1.54, 1.807) is 4.90 Å². The Labute approximate surface area is 108 Å². The Bertz CT molecular complexity index is 505. The molecule has 1 heterocycles. The normalized spacial score (nSPS) is 15.6. The molecular formula is C13H12F3NO2. The summed E-state index contributed by atoms with van der Waals surface area (Å²) in [6, 6.07) is 4.79. The molecule has 19 heavy (non-hydrogen) atoms. The molecule has 1 amide bonds. The molecule has 0 aromatic heterocycles. The zero-order valence-electron chi connectivity index (χ0n) is 10.0.